The zero-order valence-corrected chi connectivity index (χ0v) is 10.2. The summed E-state index contributed by atoms with van der Waals surface area (Å²) in [6.07, 6.45) is 3.56. The van der Waals surface area contributed by atoms with Crippen LogP contribution >= 0.6 is 11.6 Å². The zero-order valence-electron chi connectivity index (χ0n) is 9.41. The van der Waals surface area contributed by atoms with Crippen molar-refractivity contribution in [2.45, 2.75) is 32.2 Å². The fourth-order valence-electron chi connectivity index (χ4n) is 1.96. The van der Waals surface area contributed by atoms with Gasteiger partial charge in [-0.3, -0.25) is 0 Å². The van der Waals surface area contributed by atoms with E-state index in [0.717, 1.165) is 24.2 Å². The summed E-state index contributed by atoms with van der Waals surface area (Å²) < 4.78 is 0. The van der Waals surface area contributed by atoms with E-state index in [1.54, 1.807) is 6.07 Å². The predicted octanol–water partition coefficient (Wildman–Crippen LogP) is 3.59. The first-order valence-electron chi connectivity index (χ1n) is 5.72. The van der Waals surface area contributed by atoms with Crippen LogP contribution in [0.1, 0.15) is 31.7 Å². The van der Waals surface area contributed by atoms with Gasteiger partial charge in [0.15, 0.2) is 0 Å². The van der Waals surface area contributed by atoms with Crippen LogP contribution in [0.25, 0.3) is 0 Å². The van der Waals surface area contributed by atoms with E-state index in [2.05, 4.69) is 17.9 Å². The van der Waals surface area contributed by atoms with Gasteiger partial charge in [0.2, 0.25) is 0 Å². The third-order valence-corrected chi connectivity index (χ3v) is 3.08. The maximum Gasteiger partial charge on any atom is 0.101 e. The van der Waals surface area contributed by atoms with Crippen LogP contribution in [0.15, 0.2) is 18.2 Å². The summed E-state index contributed by atoms with van der Waals surface area (Å²) in [6, 6.07) is 8.36. The van der Waals surface area contributed by atoms with Gasteiger partial charge in [-0.05, 0) is 37.5 Å². The normalized spacial score (nSPS) is 14.6. The lowest BCUT2D eigenvalue weighted by molar-refractivity contribution is 0.762. The SMILES string of the molecule is CCCN(c1cc(Cl)ccc1C#N)C1CC1. The first kappa shape index (κ1) is 11.3. The van der Waals surface area contributed by atoms with E-state index in [0.29, 0.717) is 11.1 Å². The van der Waals surface area contributed by atoms with E-state index in [9.17, 15) is 0 Å². The Kier molecular flexibility index (Phi) is 3.36. The van der Waals surface area contributed by atoms with Crippen molar-refractivity contribution in [3.63, 3.8) is 0 Å². The Bertz CT molecular complexity index is 418. The van der Waals surface area contributed by atoms with Crippen LogP contribution in [0.4, 0.5) is 5.69 Å². The van der Waals surface area contributed by atoms with Gasteiger partial charge in [-0.1, -0.05) is 18.5 Å². The molecule has 2 nitrogen and oxygen atoms in total. The average molecular weight is 235 g/mol. The number of nitriles is 1. The summed E-state index contributed by atoms with van der Waals surface area (Å²) in [7, 11) is 0. The van der Waals surface area contributed by atoms with Crippen molar-refractivity contribution < 1.29 is 0 Å². The fraction of sp³-hybridized carbons (Fsp3) is 0.462. The molecule has 0 bridgehead atoms. The van der Waals surface area contributed by atoms with Crippen molar-refractivity contribution in [1.29, 1.82) is 5.26 Å². The standard InChI is InChI=1S/C13H15ClN2/c1-2-7-16(12-5-6-12)13-8-11(14)4-3-10(13)9-15/h3-4,8,12H,2,5-7H2,1H3. The molecule has 0 aromatic heterocycles. The first-order valence-corrected chi connectivity index (χ1v) is 6.10. The Balaban J connectivity index is 2.35. The molecule has 1 aliphatic carbocycles. The van der Waals surface area contributed by atoms with E-state index >= 15 is 0 Å². The quantitative estimate of drug-likeness (QED) is 0.796. The molecule has 1 aliphatic rings. The van der Waals surface area contributed by atoms with Gasteiger partial charge in [0, 0.05) is 17.6 Å². The van der Waals surface area contributed by atoms with Crippen LogP contribution in [0, 0.1) is 11.3 Å². The van der Waals surface area contributed by atoms with Crippen LogP contribution in [-0.4, -0.2) is 12.6 Å². The summed E-state index contributed by atoms with van der Waals surface area (Å²) in [5, 5.41) is 9.81. The second-order valence-corrected chi connectivity index (χ2v) is 4.63. The molecule has 1 fully saturated rings. The van der Waals surface area contributed by atoms with E-state index in [1.165, 1.54) is 12.8 Å². The Morgan fingerprint density at radius 2 is 2.25 bits per heavy atom. The Labute approximate surface area is 101 Å². The lowest BCUT2D eigenvalue weighted by atomic mass is 10.1. The van der Waals surface area contributed by atoms with E-state index in [-0.39, 0.29) is 0 Å². The molecule has 16 heavy (non-hydrogen) atoms. The second kappa shape index (κ2) is 4.76. The van der Waals surface area contributed by atoms with Gasteiger partial charge in [-0.15, -0.1) is 0 Å². The summed E-state index contributed by atoms with van der Waals surface area (Å²) in [5.41, 5.74) is 1.73. The molecule has 0 unspecified atom stereocenters. The van der Waals surface area contributed by atoms with Gasteiger partial charge in [-0.2, -0.15) is 5.26 Å². The molecule has 0 N–H and O–H groups in total. The predicted molar refractivity (Wildman–Crippen MR) is 66.8 cm³/mol. The molecule has 0 saturated heterocycles. The molecule has 1 saturated carbocycles. The fourth-order valence-corrected chi connectivity index (χ4v) is 2.13. The van der Waals surface area contributed by atoms with Crippen LogP contribution < -0.4 is 4.90 Å². The van der Waals surface area contributed by atoms with Crippen LogP contribution in [-0.2, 0) is 0 Å². The minimum atomic E-state index is 0.616. The second-order valence-electron chi connectivity index (χ2n) is 4.20. The van der Waals surface area contributed by atoms with Gasteiger partial charge in [0.25, 0.3) is 0 Å². The number of benzene rings is 1. The Morgan fingerprint density at radius 3 is 2.81 bits per heavy atom. The smallest absolute Gasteiger partial charge is 0.101 e. The molecular weight excluding hydrogens is 220 g/mol. The monoisotopic (exact) mass is 234 g/mol. The minimum absolute atomic E-state index is 0.616. The van der Waals surface area contributed by atoms with Gasteiger partial charge >= 0.3 is 0 Å². The molecule has 1 aromatic rings. The third kappa shape index (κ3) is 2.31. The Morgan fingerprint density at radius 1 is 1.50 bits per heavy atom. The van der Waals surface area contributed by atoms with Crippen molar-refractivity contribution in [2.75, 3.05) is 11.4 Å². The van der Waals surface area contributed by atoms with Crippen LogP contribution in [0.3, 0.4) is 0 Å². The highest BCUT2D eigenvalue weighted by atomic mass is 35.5. The van der Waals surface area contributed by atoms with E-state index < -0.39 is 0 Å². The Hall–Kier alpha value is -1.20. The summed E-state index contributed by atoms with van der Waals surface area (Å²) in [4.78, 5) is 2.32. The molecule has 0 spiro atoms. The molecule has 1 aromatic carbocycles. The largest absolute Gasteiger partial charge is 0.367 e. The molecule has 0 radical (unpaired) electrons. The molecule has 3 heteroatoms. The number of hydrogen-bond donors (Lipinski definition) is 0. The number of halogens is 1. The zero-order chi connectivity index (χ0) is 11.5. The maximum absolute atomic E-state index is 9.11. The molecule has 0 heterocycles. The third-order valence-electron chi connectivity index (χ3n) is 2.84. The maximum atomic E-state index is 9.11. The first-order chi connectivity index (χ1) is 7.76. The van der Waals surface area contributed by atoms with Gasteiger partial charge in [0.1, 0.15) is 6.07 Å². The van der Waals surface area contributed by atoms with Crippen molar-refractivity contribution >= 4 is 17.3 Å². The van der Waals surface area contributed by atoms with Gasteiger partial charge in [0.05, 0.1) is 11.3 Å². The molecule has 0 amide bonds. The highest BCUT2D eigenvalue weighted by molar-refractivity contribution is 6.30. The summed E-state index contributed by atoms with van der Waals surface area (Å²) in [6.45, 7) is 3.16. The van der Waals surface area contributed by atoms with E-state index in [4.69, 9.17) is 16.9 Å². The lowest BCUT2D eigenvalue weighted by Gasteiger charge is -2.25. The van der Waals surface area contributed by atoms with E-state index in [1.807, 2.05) is 12.1 Å². The highest BCUT2D eigenvalue weighted by Crippen LogP contribution is 2.34. The lowest BCUT2D eigenvalue weighted by Crippen LogP contribution is -2.27. The van der Waals surface area contributed by atoms with Crippen molar-refractivity contribution in [1.82, 2.24) is 0 Å². The topological polar surface area (TPSA) is 27.0 Å². The summed E-state index contributed by atoms with van der Waals surface area (Å²) in [5.74, 6) is 0. The number of rotatable bonds is 4. The van der Waals surface area contributed by atoms with Crippen molar-refractivity contribution in [3.8, 4) is 6.07 Å². The van der Waals surface area contributed by atoms with Crippen molar-refractivity contribution in [3.05, 3.63) is 28.8 Å². The van der Waals surface area contributed by atoms with Crippen molar-refractivity contribution in [2.24, 2.45) is 0 Å². The number of hydrogen-bond acceptors (Lipinski definition) is 2. The number of nitrogens with zero attached hydrogens (tertiary/aromatic N) is 2. The van der Waals surface area contributed by atoms with Crippen LogP contribution in [0.2, 0.25) is 5.02 Å². The molecule has 0 aliphatic heterocycles. The van der Waals surface area contributed by atoms with Gasteiger partial charge in [-0.25, -0.2) is 0 Å². The minimum Gasteiger partial charge on any atom is -0.367 e. The summed E-state index contributed by atoms with van der Waals surface area (Å²) >= 11 is 6.01. The van der Waals surface area contributed by atoms with Crippen LogP contribution in [0.5, 0.6) is 0 Å². The molecule has 84 valence electrons. The highest BCUT2D eigenvalue weighted by Gasteiger charge is 2.29. The van der Waals surface area contributed by atoms with Gasteiger partial charge < -0.3 is 4.90 Å². The number of anilines is 1. The molecular formula is C13H15ClN2. The molecule has 2 rings (SSSR count). The molecule has 0 atom stereocenters. The average Bonchev–Trinajstić information content (AvgIpc) is 3.10.